The first-order chi connectivity index (χ1) is 19.7. The van der Waals surface area contributed by atoms with Gasteiger partial charge in [-0.2, -0.15) is 0 Å². The van der Waals surface area contributed by atoms with Crippen LogP contribution in [0.2, 0.25) is 0 Å². The van der Waals surface area contributed by atoms with E-state index >= 15 is 0 Å². The lowest BCUT2D eigenvalue weighted by molar-refractivity contribution is 1.48. The molecule has 6 aromatic carbocycles. The van der Waals surface area contributed by atoms with E-state index in [-0.39, 0.29) is 0 Å². The van der Waals surface area contributed by atoms with Crippen molar-refractivity contribution in [1.82, 2.24) is 0 Å². The molecule has 0 aliphatic carbocycles. The average molecular weight is 740 g/mol. The molecule has 0 heterocycles. The Hall–Kier alpha value is -3.62. The molecule has 0 fully saturated rings. The molecule has 0 aromatic heterocycles. The molecule has 0 amide bonds. The average Bonchev–Trinajstić information content (AvgIpc) is 3.01. The Kier molecular flexibility index (Phi) is 8.16. The van der Waals surface area contributed by atoms with Gasteiger partial charge in [-0.1, -0.05) is 97.1 Å². The van der Waals surface area contributed by atoms with Gasteiger partial charge in [0.25, 0.3) is 0 Å². The summed E-state index contributed by atoms with van der Waals surface area (Å²) in [6.45, 7) is 0. The molecule has 40 heavy (non-hydrogen) atoms. The van der Waals surface area contributed by atoms with Gasteiger partial charge in [0.2, 0.25) is 0 Å². The molecule has 0 saturated heterocycles. The number of nitrogens with one attached hydrogen (secondary N) is 2. The molecule has 0 aliphatic rings. The third-order valence-electron chi connectivity index (χ3n) is 6.83. The molecule has 0 spiro atoms. The van der Waals surface area contributed by atoms with Crippen LogP contribution in [-0.4, -0.2) is 0 Å². The number of rotatable bonds is 7. The minimum Gasteiger partial charge on any atom is -0.354 e. The van der Waals surface area contributed by atoms with Crippen molar-refractivity contribution < 1.29 is 0 Å². The zero-order chi connectivity index (χ0) is 27.3. The minimum absolute atomic E-state index is 1.06. The Bertz CT molecular complexity index is 1630. The van der Waals surface area contributed by atoms with E-state index in [0.29, 0.717) is 0 Å². The van der Waals surface area contributed by atoms with Gasteiger partial charge in [0.1, 0.15) is 0 Å². The predicted molar refractivity (Wildman–Crippen MR) is 188 cm³/mol. The molecule has 0 atom stereocenters. The summed E-state index contributed by atoms with van der Waals surface area (Å²) in [5.41, 5.74) is 11.3. The third kappa shape index (κ3) is 5.93. The topological polar surface area (TPSA) is 24.1 Å². The lowest BCUT2D eigenvalue weighted by Gasteiger charge is -2.20. The van der Waals surface area contributed by atoms with Crippen LogP contribution >= 0.6 is 45.2 Å². The summed E-state index contributed by atoms with van der Waals surface area (Å²) in [4.78, 5) is 0. The Balaban J connectivity index is 1.56. The van der Waals surface area contributed by atoms with Gasteiger partial charge in [-0.3, -0.25) is 0 Å². The van der Waals surface area contributed by atoms with Gasteiger partial charge in [0, 0.05) is 29.6 Å². The van der Waals surface area contributed by atoms with Crippen LogP contribution in [0.4, 0.5) is 22.7 Å². The minimum atomic E-state index is 1.06. The van der Waals surface area contributed by atoms with Gasteiger partial charge < -0.3 is 10.6 Å². The van der Waals surface area contributed by atoms with Gasteiger partial charge in [0.15, 0.2) is 0 Å². The molecule has 4 heteroatoms. The number of halogens is 2. The molecule has 2 N–H and O–H groups in total. The molecule has 0 unspecified atom stereocenters. The lowest BCUT2D eigenvalue weighted by atomic mass is 9.93. The summed E-state index contributed by atoms with van der Waals surface area (Å²) in [5.74, 6) is 0. The van der Waals surface area contributed by atoms with Crippen molar-refractivity contribution in [2.45, 2.75) is 0 Å². The van der Waals surface area contributed by atoms with Crippen LogP contribution in [0.15, 0.2) is 146 Å². The van der Waals surface area contributed by atoms with Crippen LogP contribution in [0.1, 0.15) is 0 Å². The van der Waals surface area contributed by atoms with E-state index in [9.17, 15) is 0 Å². The summed E-state index contributed by atoms with van der Waals surface area (Å²) in [7, 11) is 0. The maximum Gasteiger partial charge on any atom is 0.0520 e. The maximum atomic E-state index is 3.74. The number of hydrogen-bond acceptors (Lipinski definition) is 2. The zero-order valence-electron chi connectivity index (χ0n) is 21.6. The highest BCUT2D eigenvalue weighted by Crippen LogP contribution is 2.42. The second kappa shape index (κ2) is 12.3. The summed E-state index contributed by atoms with van der Waals surface area (Å²) < 4.78 is 2.35. The monoisotopic (exact) mass is 740 g/mol. The van der Waals surface area contributed by atoms with Crippen molar-refractivity contribution >= 4 is 67.9 Å². The van der Waals surface area contributed by atoms with E-state index in [1.54, 1.807) is 0 Å². The lowest BCUT2D eigenvalue weighted by Crippen LogP contribution is -2.00. The molecule has 0 saturated carbocycles. The molecular formula is C36H26I2N2. The van der Waals surface area contributed by atoms with Crippen molar-refractivity contribution in [2.24, 2.45) is 0 Å². The number of hydrogen-bond donors (Lipinski definition) is 2. The highest BCUT2D eigenvalue weighted by molar-refractivity contribution is 14.1. The quantitative estimate of drug-likeness (QED) is 0.159. The van der Waals surface area contributed by atoms with E-state index in [1.807, 2.05) is 0 Å². The molecule has 0 bridgehead atoms. The van der Waals surface area contributed by atoms with Gasteiger partial charge in [-0.15, -0.1) is 0 Å². The second-order valence-corrected chi connectivity index (χ2v) is 11.8. The van der Waals surface area contributed by atoms with Crippen LogP contribution < -0.4 is 10.6 Å². The molecule has 0 aliphatic heterocycles. The zero-order valence-corrected chi connectivity index (χ0v) is 25.9. The fourth-order valence-electron chi connectivity index (χ4n) is 4.79. The number of benzene rings is 6. The maximum absolute atomic E-state index is 3.74. The molecule has 0 radical (unpaired) electrons. The second-order valence-electron chi connectivity index (χ2n) is 9.46. The van der Waals surface area contributed by atoms with Crippen molar-refractivity contribution in [3.63, 3.8) is 0 Å². The first-order valence-electron chi connectivity index (χ1n) is 13.1. The normalized spacial score (nSPS) is 10.8. The molecule has 2 nitrogen and oxygen atoms in total. The van der Waals surface area contributed by atoms with E-state index < -0.39 is 0 Å². The predicted octanol–water partition coefficient (Wildman–Crippen LogP) is 11.4. The smallest absolute Gasteiger partial charge is 0.0520 e. The van der Waals surface area contributed by atoms with Crippen LogP contribution in [0.3, 0.4) is 0 Å². The van der Waals surface area contributed by atoms with Gasteiger partial charge >= 0.3 is 0 Å². The SMILES string of the molecule is Ic1ccccc1Nc1ccc(-c2ccccc2)cc1-c1cc(-c2ccccc2)ccc1Nc1ccccc1I. The van der Waals surface area contributed by atoms with Crippen LogP contribution in [0.25, 0.3) is 33.4 Å². The first kappa shape index (κ1) is 26.6. The van der Waals surface area contributed by atoms with Crippen molar-refractivity contribution in [3.05, 3.63) is 153 Å². The Morgan fingerprint density at radius 3 is 1.10 bits per heavy atom. The Labute approximate surface area is 262 Å². The van der Waals surface area contributed by atoms with E-state index in [4.69, 9.17) is 0 Å². The highest BCUT2D eigenvalue weighted by Gasteiger charge is 2.15. The van der Waals surface area contributed by atoms with E-state index in [0.717, 1.165) is 33.9 Å². The standard InChI is InChI=1S/C36H26I2N2/c37-31-15-7-9-17-35(31)39-33-21-19-27(25-11-3-1-4-12-25)23-29(33)30-24-28(26-13-5-2-6-14-26)20-22-34(30)40-36-18-10-8-16-32(36)38/h1-24,39-40H. The summed E-state index contributed by atoms with van der Waals surface area (Å²) in [6, 6.07) is 51.3. The van der Waals surface area contributed by atoms with Gasteiger partial charge in [-0.25, -0.2) is 0 Å². The van der Waals surface area contributed by atoms with Gasteiger partial charge in [0.05, 0.1) is 11.4 Å². The Morgan fingerprint density at radius 1 is 0.325 bits per heavy atom. The number of para-hydroxylation sites is 2. The Morgan fingerprint density at radius 2 is 0.700 bits per heavy atom. The summed E-state index contributed by atoms with van der Waals surface area (Å²) in [6.07, 6.45) is 0. The van der Waals surface area contributed by atoms with Crippen LogP contribution in [-0.2, 0) is 0 Å². The van der Waals surface area contributed by atoms with Crippen molar-refractivity contribution in [2.75, 3.05) is 10.6 Å². The fourth-order valence-corrected chi connectivity index (χ4v) is 5.83. The van der Waals surface area contributed by atoms with Gasteiger partial charge in [-0.05, 0) is 116 Å². The summed E-state index contributed by atoms with van der Waals surface area (Å²) in [5, 5.41) is 7.49. The highest BCUT2D eigenvalue weighted by atomic mass is 127. The molecule has 6 aromatic rings. The largest absolute Gasteiger partial charge is 0.354 e. The van der Waals surface area contributed by atoms with Crippen LogP contribution in [0, 0.1) is 7.14 Å². The molecule has 6 rings (SSSR count). The summed E-state index contributed by atoms with van der Waals surface area (Å²) >= 11 is 4.78. The van der Waals surface area contributed by atoms with E-state index in [2.05, 4.69) is 201 Å². The third-order valence-corrected chi connectivity index (χ3v) is 8.71. The van der Waals surface area contributed by atoms with Crippen molar-refractivity contribution in [1.29, 1.82) is 0 Å². The fraction of sp³-hybridized carbons (Fsp3) is 0. The van der Waals surface area contributed by atoms with Crippen LogP contribution in [0.5, 0.6) is 0 Å². The first-order valence-corrected chi connectivity index (χ1v) is 15.2. The number of anilines is 4. The molecular weight excluding hydrogens is 714 g/mol. The molecule has 194 valence electrons. The van der Waals surface area contributed by atoms with Crippen molar-refractivity contribution in [3.8, 4) is 33.4 Å². The van der Waals surface area contributed by atoms with E-state index in [1.165, 1.54) is 29.4 Å².